The number of aryl methyl sites for hydroxylation is 2. The van der Waals surface area contributed by atoms with Crippen LogP contribution in [0.2, 0.25) is 0 Å². The summed E-state index contributed by atoms with van der Waals surface area (Å²) < 4.78 is 0. The van der Waals surface area contributed by atoms with Crippen molar-refractivity contribution in [1.82, 2.24) is 5.32 Å². The fourth-order valence-corrected chi connectivity index (χ4v) is 2.14. The summed E-state index contributed by atoms with van der Waals surface area (Å²) in [6.45, 7) is 8.92. The maximum atomic E-state index is 3.36. The van der Waals surface area contributed by atoms with Crippen molar-refractivity contribution in [3.63, 3.8) is 0 Å². The Bertz CT molecular complexity index is 330. The molecule has 2 atom stereocenters. The molecule has 0 heterocycles. The highest BCUT2D eigenvalue weighted by Crippen LogP contribution is 2.18. The summed E-state index contributed by atoms with van der Waals surface area (Å²) >= 11 is 0. The lowest BCUT2D eigenvalue weighted by molar-refractivity contribution is 0.381. The average Bonchev–Trinajstić information content (AvgIpc) is 2.29. The lowest BCUT2D eigenvalue weighted by atomic mass is 9.90. The van der Waals surface area contributed by atoms with Crippen LogP contribution in [0, 0.1) is 19.8 Å². The maximum absolute atomic E-state index is 3.36. The van der Waals surface area contributed by atoms with Gasteiger partial charge in [0.05, 0.1) is 0 Å². The first-order valence-electron chi connectivity index (χ1n) is 6.31. The SMILES string of the molecule is CCC(Cc1ccc(C)c(C)c1)C(C)NC. The van der Waals surface area contributed by atoms with Crippen molar-refractivity contribution >= 4 is 0 Å². The quantitative estimate of drug-likeness (QED) is 0.799. The van der Waals surface area contributed by atoms with Gasteiger partial charge in [-0.15, -0.1) is 0 Å². The number of benzene rings is 1. The summed E-state index contributed by atoms with van der Waals surface area (Å²) in [5, 5.41) is 3.36. The molecule has 0 aliphatic heterocycles. The Morgan fingerprint density at radius 1 is 1.19 bits per heavy atom. The first kappa shape index (κ1) is 13.2. The molecule has 0 saturated heterocycles. The minimum atomic E-state index is 0.589. The minimum absolute atomic E-state index is 0.589. The van der Waals surface area contributed by atoms with Gasteiger partial charge in [-0.1, -0.05) is 31.5 Å². The molecule has 1 aromatic carbocycles. The molecular weight excluding hydrogens is 194 g/mol. The Hall–Kier alpha value is -0.820. The number of hydrogen-bond acceptors (Lipinski definition) is 1. The smallest absolute Gasteiger partial charge is 0.00670 e. The van der Waals surface area contributed by atoms with E-state index in [0.717, 1.165) is 5.92 Å². The van der Waals surface area contributed by atoms with Crippen LogP contribution in [0.1, 0.15) is 37.0 Å². The Morgan fingerprint density at radius 2 is 1.88 bits per heavy atom. The van der Waals surface area contributed by atoms with Gasteiger partial charge in [0, 0.05) is 6.04 Å². The fraction of sp³-hybridized carbons (Fsp3) is 0.600. The molecule has 0 fully saturated rings. The van der Waals surface area contributed by atoms with Gasteiger partial charge in [-0.05, 0) is 56.8 Å². The molecule has 1 aromatic rings. The summed E-state index contributed by atoms with van der Waals surface area (Å²) in [4.78, 5) is 0. The van der Waals surface area contributed by atoms with E-state index in [1.807, 2.05) is 7.05 Å². The third-order valence-electron chi connectivity index (χ3n) is 3.76. The first-order valence-corrected chi connectivity index (χ1v) is 6.31. The van der Waals surface area contributed by atoms with Crippen LogP contribution in [0.25, 0.3) is 0 Å². The van der Waals surface area contributed by atoms with Gasteiger partial charge in [0.2, 0.25) is 0 Å². The molecule has 1 rings (SSSR count). The van der Waals surface area contributed by atoms with Crippen molar-refractivity contribution in [2.45, 2.75) is 46.6 Å². The lowest BCUT2D eigenvalue weighted by Gasteiger charge is -2.22. The van der Waals surface area contributed by atoms with E-state index in [4.69, 9.17) is 0 Å². The molecule has 0 radical (unpaired) electrons. The van der Waals surface area contributed by atoms with Gasteiger partial charge >= 0.3 is 0 Å². The minimum Gasteiger partial charge on any atom is -0.317 e. The predicted octanol–water partition coefficient (Wildman–Crippen LogP) is 3.48. The molecule has 90 valence electrons. The molecule has 0 aromatic heterocycles. The first-order chi connectivity index (χ1) is 7.58. The second kappa shape index (κ2) is 6.05. The Morgan fingerprint density at radius 3 is 2.38 bits per heavy atom. The maximum Gasteiger partial charge on any atom is 0.00670 e. The van der Waals surface area contributed by atoms with Crippen LogP contribution < -0.4 is 5.32 Å². The Balaban J connectivity index is 2.74. The topological polar surface area (TPSA) is 12.0 Å². The van der Waals surface area contributed by atoms with Gasteiger partial charge < -0.3 is 5.32 Å². The monoisotopic (exact) mass is 219 g/mol. The van der Waals surface area contributed by atoms with Crippen molar-refractivity contribution in [2.75, 3.05) is 7.05 Å². The lowest BCUT2D eigenvalue weighted by Crippen LogP contribution is -2.31. The summed E-state index contributed by atoms with van der Waals surface area (Å²) in [5.41, 5.74) is 4.26. The van der Waals surface area contributed by atoms with Gasteiger partial charge in [-0.2, -0.15) is 0 Å². The molecular formula is C15H25N. The molecule has 0 saturated carbocycles. The Labute approximate surface area is 100 Å². The summed E-state index contributed by atoms with van der Waals surface area (Å²) in [6.07, 6.45) is 2.41. The molecule has 1 N–H and O–H groups in total. The third kappa shape index (κ3) is 3.34. The van der Waals surface area contributed by atoms with Crippen molar-refractivity contribution in [2.24, 2.45) is 5.92 Å². The third-order valence-corrected chi connectivity index (χ3v) is 3.76. The molecule has 0 bridgehead atoms. The average molecular weight is 219 g/mol. The second-order valence-electron chi connectivity index (χ2n) is 4.87. The number of rotatable bonds is 5. The number of hydrogen-bond donors (Lipinski definition) is 1. The molecule has 0 spiro atoms. The molecule has 0 aliphatic rings. The zero-order valence-electron chi connectivity index (χ0n) is 11.3. The van der Waals surface area contributed by atoms with Gasteiger partial charge in [-0.25, -0.2) is 0 Å². The van der Waals surface area contributed by atoms with E-state index in [9.17, 15) is 0 Å². The van der Waals surface area contributed by atoms with Crippen LogP contribution in [0.3, 0.4) is 0 Å². The van der Waals surface area contributed by atoms with Crippen LogP contribution in [0.5, 0.6) is 0 Å². The van der Waals surface area contributed by atoms with Crippen LogP contribution in [-0.4, -0.2) is 13.1 Å². The highest BCUT2D eigenvalue weighted by atomic mass is 14.9. The number of nitrogens with one attached hydrogen (secondary N) is 1. The second-order valence-corrected chi connectivity index (χ2v) is 4.87. The van der Waals surface area contributed by atoms with Gasteiger partial charge in [0.1, 0.15) is 0 Å². The van der Waals surface area contributed by atoms with E-state index in [0.29, 0.717) is 6.04 Å². The molecule has 1 nitrogen and oxygen atoms in total. The Kier molecular flexibility index (Phi) is 5.01. The zero-order valence-corrected chi connectivity index (χ0v) is 11.3. The van der Waals surface area contributed by atoms with Crippen molar-refractivity contribution in [3.8, 4) is 0 Å². The van der Waals surface area contributed by atoms with E-state index >= 15 is 0 Å². The molecule has 2 unspecified atom stereocenters. The highest BCUT2D eigenvalue weighted by molar-refractivity contribution is 5.30. The molecule has 1 heteroatoms. The van der Waals surface area contributed by atoms with Crippen LogP contribution >= 0.6 is 0 Å². The standard InChI is InChI=1S/C15H25N/c1-6-15(13(4)16-5)10-14-8-7-11(2)12(3)9-14/h7-9,13,15-16H,6,10H2,1-5H3. The summed E-state index contributed by atoms with van der Waals surface area (Å²) in [6, 6.07) is 7.43. The van der Waals surface area contributed by atoms with Crippen molar-refractivity contribution in [1.29, 1.82) is 0 Å². The van der Waals surface area contributed by atoms with Gasteiger partial charge in [0.25, 0.3) is 0 Å². The summed E-state index contributed by atoms with van der Waals surface area (Å²) in [7, 11) is 2.05. The van der Waals surface area contributed by atoms with Crippen LogP contribution in [0.4, 0.5) is 0 Å². The molecule has 16 heavy (non-hydrogen) atoms. The van der Waals surface area contributed by atoms with E-state index < -0.39 is 0 Å². The van der Waals surface area contributed by atoms with E-state index in [-0.39, 0.29) is 0 Å². The zero-order chi connectivity index (χ0) is 12.1. The van der Waals surface area contributed by atoms with Gasteiger partial charge in [-0.3, -0.25) is 0 Å². The van der Waals surface area contributed by atoms with Crippen molar-refractivity contribution < 1.29 is 0 Å². The largest absolute Gasteiger partial charge is 0.317 e. The van der Waals surface area contributed by atoms with Crippen LogP contribution in [-0.2, 0) is 6.42 Å². The van der Waals surface area contributed by atoms with E-state index in [1.165, 1.54) is 29.5 Å². The van der Waals surface area contributed by atoms with Crippen LogP contribution in [0.15, 0.2) is 18.2 Å². The van der Waals surface area contributed by atoms with E-state index in [2.05, 4.69) is 51.2 Å². The summed E-state index contributed by atoms with van der Waals surface area (Å²) in [5.74, 6) is 0.729. The van der Waals surface area contributed by atoms with E-state index in [1.54, 1.807) is 0 Å². The fourth-order valence-electron chi connectivity index (χ4n) is 2.14. The normalized spacial score (nSPS) is 14.8. The highest BCUT2D eigenvalue weighted by Gasteiger charge is 2.14. The molecule has 0 aliphatic carbocycles. The van der Waals surface area contributed by atoms with Crippen molar-refractivity contribution in [3.05, 3.63) is 34.9 Å². The molecule has 0 amide bonds. The van der Waals surface area contributed by atoms with Gasteiger partial charge in [0.15, 0.2) is 0 Å². The predicted molar refractivity (Wildman–Crippen MR) is 71.9 cm³/mol.